The van der Waals surface area contributed by atoms with E-state index < -0.39 is 5.97 Å². The second-order valence-corrected chi connectivity index (χ2v) is 4.46. The number of anilines is 1. The first-order chi connectivity index (χ1) is 8.72. The number of nitrogens with one attached hydrogen (secondary N) is 1. The zero-order chi connectivity index (χ0) is 13.0. The number of nitrogens with two attached hydrogens (primary N) is 1. The van der Waals surface area contributed by atoms with Crippen molar-refractivity contribution in [2.45, 2.75) is 17.0 Å². The molecule has 2 aromatic rings. The van der Waals surface area contributed by atoms with Gasteiger partial charge in [0.15, 0.2) is 5.16 Å². The molecule has 2 rings (SSSR count). The first-order valence-electron chi connectivity index (χ1n) is 5.45. The molecular weight excluding hydrogens is 250 g/mol. The molecule has 1 heterocycles. The number of carbonyl (C=O) groups excluding carboxylic acids is 1. The Morgan fingerprint density at radius 2 is 2.39 bits per heavy atom. The number of nitrogens with zero attached hydrogens (tertiary/aromatic N) is 1. The third-order valence-corrected chi connectivity index (χ3v) is 3.23. The molecule has 0 amide bonds. The highest BCUT2D eigenvalue weighted by molar-refractivity contribution is 7.99. The largest absolute Gasteiger partial charge is 0.462 e. The Morgan fingerprint density at radius 3 is 3.06 bits per heavy atom. The van der Waals surface area contributed by atoms with Crippen molar-refractivity contribution < 1.29 is 9.53 Å². The number of imidazole rings is 1. The van der Waals surface area contributed by atoms with Crippen LogP contribution in [0.5, 0.6) is 0 Å². The molecule has 0 spiro atoms. The number of H-pyrrole nitrogens is 1. The van der Waals surface area contributed by atoms with Crippen LogP contribution < -0.4 is 5.73 Å². The van der Waals surface area contributed by atoms with E-state index in [-0.39, 0.29) is 0 Å². The Hall–Kier alpha value is -1.95. The maximum absolute atomic E-state index is 11.7. The lowest BCUT2D eigenvalue weighted by Crippen LogP contribution is -2.08. The van der Waals surface area contributed by atoms with Crippen LogP contribution in [0.25, 0.3) is 0 Å². The molecule has 5 nitrogen and oxygen atoms in total. The van der Waals surface area contributed by atoms with Crippen molar-refractivity contribution in [1.82, 2.24) is 9.97 Å². The van der Waals surface area contributed by atoms with Crippen molar-refractivity contribution in [2.75, 3.05) is 12.3 Å². The monoisotopic (exact) mass is 263 g/mol. The lowest BCUT2D eigenvalue weighted by atomic mass is 10.2. The predicted octanol–water partition coefficient (Wildman–Crippen LogP) is 2.32. The maximum atomic E-state index is 11.7. The molecule has 0 fully saturated rings. The van der Waals surface area contributed by atoms with Crippen LogP contribution >= 0.6 is 11.8 Å². The van der Waals surface area contributed by atoms with Gasteiger partial charge in [0.25, 0.3) is 0 Å². The molecular formula is C12H13N3O2S. The highest BCUT2D eigenvalue weighted by Crippen LogP contribution is 2.31. The number of hydrogen-bond acceptors (Lipinski definition) is 5. The molecule has 0 saturated carbocycles. The van der Waals surface area contributed by atoms with Crippen molar-refractivity contribution in [3.8, 4) is 0 Å². The number of carbonyl (C=O) groups is 1. The number of benzene rings is 1. The summed E-state index contributed by atoms with van der Waals surface area (Å²) in [7, 11) is 0. The topological polar surface area (TPSA) is 81.0 Å². The van der Waals surface area contributed by atoms with E-state index in [4.69, 9.17) is 10.5 Å². The average molecular weight is 263 g/mol. The Balaban J connectivity index is 2.27. The third-order valence-electron chi connectivity index (χ3n) is 2.24. The summed E-state index contributed by atoms with van der Waals surface area (Å²) in [6, 6.07) is 5.26. The number of hydrogen-bond donors (Lipinski definition) is 2. The second kappa shape index (κ2) is 5.59. The molecule has 1 aromatic heterocycles. The normalized spacial score (nSPS) is 10.3. The number of aromatic nitrogens is 2. The molecule has 1 aromatic carbocycles. The van der Waals surface area contributed by atoms with Gasteiger partial charge < -0.3 is 15.5 Å². The summed E-state index contributed by atoms with van der Waals surface area (Å²) in [5, 5.41) is 0.725. The molecule has 0 bridgehead atoms. The first-order valence-corrected chi connectivity index (χ1v) is 6.27. The van der Waals surface area contributed by atoms with E-state index in [1.165, 1.54) is 11.8 Å². The molecule has 94 valence electrons. The van der Waals surface area contributed by atoms with Crippen molar-refractivity contribution in [1.29, 1.82) is 0 Å². The zero-order valence-electron chi connectivity index (χ0n) is 9.84. The fourth-order valence-corrected chi connectivity index (χ4v) is 2.25. The third kappa shape index (κ3) is 2.65. The highest BCUT2D eigenvalue weighted by atomic mass is 32.2. The van der Waals surface area contributed by atoms with Gasteiger partial charge in [0, 0.05) is 17.3 Å². The van der Waals surface area contributed by atoms with E-state index in [1.807, 2.05) is 6.07 Å². The van der Waals surface area contributed by atoms with Crippen LogP contribution in [0.2, 0.25) is 0 Å². The summed E-state index contributed by atoms with van der Waals surface area (Å²) >= 11 is 1.37. The lowest BCUT2D eigenvalue weighted by molar-refractivity contribution is 0.0527. The summed E-state index contributed by atoms with van der Waals surface area (Å²) in [6.45, 7) is 2.09. The molecule has 0 atom stereocenters. The van der Waals surface area contributed by atoms with Gasteiger partial charge in [-0.2, -0.15) is 0 Å². The summed E-state index contributed by atoms with van der Waals surface area (Å²) < 4.78 is 4.95. The van der Waals surface area contributed by atoms with E-state index in [9.17, 15) is 4.79 Å². The Labute approximate surface area is 109 Å². The highest BCUT2D eigenvalue weighted by Gasteiger charge is 2.14. The van der Waals surface area contributed by atoms with Crippen LogP contribution in [0.3, 0.4) is 0 Å². The molecule has 0 radical (unpaired) electrons. The van der Waals surface area contributed by atoms with Crippen LogP contribution in [-0.4, -0.2) is 22.5 Å². The Kier molecular flexibility index (Phi) is 3.88. The van der Waals surface area contributed by atoms with E-state index in [1.54, 1.807) is 31.5 Å². The summed E-state index contributed by atoms with van der Waals surface area (Å²) in [5.41, 5.74) is 6.76. The predicted molar refractivity (Wildman–Crippen MR) is 69.5 cm³/mol. The van der Waals surface area contributed by atoms with E-state index >= 15 is 0 Å². The average Bonchev–Trinajstić information content (AvgIpc) is 2.85. The quantitative estimate of drug-likeness (QED) is 0.653. The fraction of sp³-hybridized carbons (Fsp3) is 0.167. The van der Waals surface area contributed by atoms with Gasteiger partial charge in [-0.1, -0.05) is 6.07 Å². The van der Waals surface area contributed by atoms with Crippen LogP contribution in [0, 0.1) is 0 Å². The lowest BCUT2D eigenvalue weighted by Gasteiger charge is -2.08. The smallest absolute Gasteiger partial charge is 0.340 e. The molecule has 0 unspecified atom stereocenters. The maximum Gasteiger partial charge on any atom is 0.340 e. The molecule has 6 heteroatoms. The fourth-order valence-electron chi connectivity index (χ4n) is 1.43. The number of esters is 1. The number of rotatable bonds is 4. The minimum atomic E-state index is -0.406. The Morgan fingerprint density at radius 1 is 1.56 bits per heavy atom. The van der Waals surface area contributed by atoms with Crippen LogP contribution in [0.15, 0.2) is 40.6 Å². The second-order valence-electron chi connectivity index (χ2n) is 3.43. The van der Waals surface area contributed by atoms with Crippen molar-refractivity contribution in [2.24, 2.45) is 0 Å². The minimum Gasteiger partial charge on any atom is -0.462 e. The van der Waals surface area contributed by atoms with Gasteiger partial charge in [0.1, 0.15) is 0 Å². The van der Waals surface area contributed by atoms with Crippen molar-refractivity contribution in [3.05, 3.63) is 36.2 Å². The van der Waals surface area contributed by atoms with Gasteiger partial charge in [-0.3, -0.25) is 0 Å². The van der Waals surface area contributed by atoms with E-state index in [0.717, 1.165) is 10.1 Å². The number of para-hydroxylation sites is 1. The molecule has 3 N–H and O–H groups in total. The molecule has 0 aliphatic rings. The van der Waals surface area contributed by atoms with Gasteiger partial charge in [-0.25, -0.2) is 9.78 Å². The van der Waals surface area contributed by atoms with E-state index in [2.05, 4.69) is 9.97 Å². The number of aromatic amines is 1. The molecule has 0 aliphatic carbocycles. The summed E-state index contributed by atoms with van der Waals surface area (Å²) in [4.78, 5) is 19.5. The van der Waals surface area contributed by atoms with Crippen molar-refractivity contribution >= 4 is 23.4 Å². The standard InChI is InChI=1S/C12H13N3O2S/c1-2-17-11(16)8-4-3-5-9(10(8)13)18-12-14-6-7-15-12/h3-7H,2,13H2,1H3,(H,14,15). The van der Waals surface area contributed by atoms with Crippen molar-refractivity contribution in [3.63, 3.8) is 0 Å². The first kappa shape index (κ1) is 12.5. The van der Waals surface area contributed by atoms with Crippen LogP contribution in [0.4, 0.5) is 5.69 Å². The SMILES string of the molecule is CCOC(=O)c1cccc(Sc2ncc[nH]2)c1N. The van der Waals surface area contributed by atoms with E-state index in [0.29, 0.717) is 17.9 Å². The van der Waals surface area contributed by atoms with Gasteiger partial charge in [0.2, 0.25) is 0 Å². The molecule has 0 aliphatic heterocycles. The van der Waals surface area contributed by atoms with Gasteiger partial charge >= 0.3 is 5.97 Å². The minimum absolute atomic E-state index is 0.327. The van der Waals surface area contributed by atoms with Gasteiger partial charge in [0.05, 0.1) is 17.9 Å². The zero-order valence-corrected chi connectivity index (χ0v) is 10.7. The molecule has 18 heavy (non-hydrogen) atoms. The Bertz CT molecular complexity index is 540. The summed E-state index contributed by atoms with van der Waals surface area (Å²) in [6.07, 6.45) is 3.39. The van der Waals surface area contributed by atoms with Crippen LogP contribution in [-0.2, 0) is 4.74 Å². The molecule has 0 saturated heterocycles. The van der Waals surface area contributed by atoms with Gasteiger partial charge in [-0.15, -0.1) is 0 Å². The summed E-state index contributed by atoms with van der Waals surface area (Å²) in [5.74, 6) is -0.406. The number of ether oxygens (including phenoxy) is 1. The van der Waals surface area contributed by atoms with Crippen LogP contribution in [0.1, 0.15) is 17.3 Å². The number of nitrogen functional groups attached to an aromatic ring is 1. The van der Waals surface area contributed by atoms with Gasteiger partial charge in [-0.05, 0) is 30.8 Å².